The molecule has 1 amide bonds. The van der Waals surface area contributed by atoms with Gasteiger partial charge in [-0.1, -0.05) is 0 Å². The van der Waals surface area contributed by atoms with Crippen molar-refractivity contribution >= 4 is 27.5 Å². The highest BCUT2D eigenvalue weighted by molar-refractivity contribution is 7.17. The fourth-order valence-electron chi connectivity index (χ4n) is 1.42. The number of rotatable bonds is 1. The van der Waals surface area contributed by atoms with E-state index >= 15 is 0 Å². The van der Waals surface area contributed by atoms with Crippen molar-refractivity contribution in [2.24, 2.45) is 0 Å². The van der Waals surface area contributed by atoms with Gasteiger partial charge >= 0.3 is 6.18 Å². The van der Waals surface area contributed by atoms with E-state index in [2.05, 4.69) is 10.3 Å². The number of nitrogens with one attached hydrogen (secondary N) is 1. The van der Waals surface area contributed by atoms with Crippen LogP contribution in [-0.4, -0.2) is 17.9 Å². The van der Waals surface area contributed by atoms with Crippen LogP contribution >= 0.6 is 11.3 Å². The Bertz CT molecular complexity index is 576. The van der Waals surface area contributed by atoms with E-state index in [1.807, 2.05) is 0 Å². The van der Waals surface area contributed by atoms with Gasteiger partial charge in [-0.3, -0.25) is 4.79 Å². The van der Waals surface area contributed by atoms with Gasteiger partial charge in [0.15, 0.2) is 5.69 Å². The van der Waals surface area contributed by atoms with Crippen LogP contribution in [0.4, 0.5) is 13.2 Å². The number of carbonyl (C=O) groups excluding carboxylic acids is 1. The van der Waals surface area contributed by atoms with E-state index in [-0.39, 0.29) is 5.52 Å². The molecule has 0 aliphatic heterocycles. The second-order valence-electron chi connectivity index (χ2n) is 3.27. The first-order valence-corrected chi connectivity index (χ1v) is 5.49. The Kier molecular flexibility index (Phi) is 2.78. The molecule has 0 aliphatic carbocycles. The summed E-state index contributed by atoms with van der Waals surface area (Å²) in [6.45, 7) is 0. The van der Waals surface area contributed by atoms with Crippen LogP contribution in [0.2, 0.25) is 0 Å². The van der Waals surface area contributed by atoms with Crippen LogP contribution in [0.5, 0.6) is 0 Å². The lowest BCUT2D eigenvalue weighted by atomic mass is 10.1. The zero-order valence-corrected chi connectivity index (χ0v) is 9.45. The third-order valence-electron chi connectivity index (χ3n) is 2.18. The molecule has 0 radical (unpaired) electrons. The largest absolute Gasteiger partial charge is 0.434 e. The molecule has 3 nitrogen and oxygen atoms in total. The van der Waals surface area contributed by atoms with Crippen molar-refractivity contribution in [1.82, 2.24) is 10.3 Å². The first-order valence-electron chi connectivity index (χ1n) is 4.61. The minimum absolute atomic E-state index is 0.245. The van der Waals surface area contributed by atoms with E-state index < -0.39 is 23.3 Å². The topological polar surface area (TPSA) is 42.0 Å². The van der Waals surface area contributed by atoms with E-state index in [4.69, 9.17) is 0 Å². The fourth-order valence-corrected chi connectivity index (χ4v) is 2.18. The minimum Gasteiger partial charge on any atom is -0.355 e. The summed E-state index contributed by atoms with van der Waals surface area (Å²) >= 11 is 1.24. The first kappa shape index (κ1) is 11.8. The molecule has 2 aromatic rings. The number of carbonyl (C=O) groups is 1. The van der Waals surface area contributed by atoms with Crippen LogP contribution < -0.4 is 5.32 Å². The third-order valence-corrected chi connectivity index (χ3v) is 3.03. The van der Waals surface area contributed by atoms with Gasteiger partial charge in [-0.25, -0.2) is 4.98 Å². The normalized spacial score (nSPS) is 11.8. The van der Waals surface area contributed by atoms with E-state index in [1.54, 1.807) is 5.38 Å². The maximum Gasteiger partial charge on any atom is 0.434 e. The third kappa shape index (κ3) is 2.10. The molecule has 2 aromatic heterocycles. The van der Waals surface area contributed by atoms with Crippen molar-refractivity contribution in [2.45, 2.75) is 6.18 Å². The van der Waals surface area contributed by atoms with E-state index in [9.17, 15) is 18.0 Å². The van der Waals surface area contributed by atoms with E-state index in [0.29, 0.717) is 4.70 Å². The van der Waals surface area contributed by atoms with Crippen LogP contribution in [0.1, 0.15) is 16.1 Å². The maximum atomic E-state index is 12.7. The summed E-state index contributed by atoms with van der Waals surface area (Å²) in [4.78, 5) is 14.9. The Morgan fingerprint density at radius 3 is 2.76 bits per heavy atom. The van der Waals surface area contributed by atoms with Crippen molar-refractivity contribution in [1.29, 1.82) is 0 Å². The monoisotopic (exact) mass is 260 g/mol. The lowest BCUT2D eigenvalue weighted by molar-refractivity contribution is -0.141. The quantitative estimate of drug-likeness (QED) is 0.856. The van der Waals surface area contributed by atoms with Crippen molar-refractivity contribution in [3.8, 4) is 0 Å². The number of pyridine rings is 1. The maximum absolute atomic E-state index is 12.7. The lowest BCUT2D eigenvalue weighted by Crippen LogP contribution is -2.23. The molecule has 0 spiro atoms. The first-order chi connectivity index (χ1) is 7.93. The smallest absolute Gasteiger partial charge is 0.355 e. The number of nitrogens with zero attached hydrogens (tertiary/aromatic N) is 1. The summed E-state index contributed by atoms with van der Waals surface area (Å²) < 4.78 is 38.8. The molecule has 7 heteroatoms. The number of amides is 1. The predicted octanol–water partition coefficient (Wildman–Crippen LogP) is 2.67. The number of alkyl halides is 3. The summed E-state index contributed by atoms with van der Waals surface area (Å²) in [5.74, 6) is -0.792. The molecule has 0 atom stereocenters. The lowest BCUT2D eigenvalue weighted by Gasteiger charge is -2.10. The Balaban J connectivity index is 2.72. The molecule has 0 aliphatic rings. The molecule has 2 heterocycles. The number of aromatic nitrogens is 1. The highest BCUT2D eigenvalue weighted by Gasteiger charge is 2.37. The van der Waals surface area contributed by atoms with Gasteiger partial charge in [0.1, 0.15) is 0 Å². The van der Waals surface area contributed by atoms with Crippen molar-refractivity contribution in [2.75, 3.05) is 7.05 Å². The number of hydrogen-bond donors (Lipinski definition) is 1. The predicted molar refractivity (Wildman–Crippen MR) is 58.0 cm³/mol. The SMILES string of the molecule is CNC(=O)c1cc2sccc2nc1C(F)(F)F. The van der Waals surface area contributed by atoms with Crippen LogP contribution in [0.15, 0.2) is 17.5 Å². The molecular weight excluding hydrogens is 253 g/mol. The van der Waals surface area contributed by atoms with Gasteiger partial charge in [-0.05, 0) is 17.5 Å². The van der Waals surface area contributed by atoms with Gasteiger partial charge < -0.3 is 5.32 Å². The second-order valence-corrected chi connectivity index (χ2v) is 4.21. The minimum atomic E-state index is -4.64. The second kappa shape index (κ2) is 3.99. The van der Waals surface area contributed by atoms with Gasteiger partial charge in [0.25, 0.3) is 5.91 Å². The van der Waals surface area contributed by atoms with E-state index in [1.165, 1.54) is 30.5 Å². The number of thiophene rings is 1. The van der Waals surface area contributed by atoms with Crippen LogP contribution in [-0.2, 0) is 6.18 Å². The Labute approximate surface area is 98.3 Å². The summed E-state index contributed by atoms with van der Waals surface area (Å²) in [5, 5.41) is 3.81. The molecule has 1 N–H and O–H groups in total. The molecule has 2 rings (SSSR count). The van der Waals surface area contributed by atoms with Crippen molar-refractivity contribution in [3.63, 3.8) is 0 Å². The van der Waals surface area contributed by atoms with Gasteiger partial charge in [0.2, 0.25) is 0 Å². The Morgan fingerprint density at radius 2 is 2.18 bits per heavy atom. The average molecular weight is 260 g/mol. The van der Waals surface area contributed by atoms with Crippen molar-refractivity contribution in [3.05, 3.63) is 28.8 Å². The van der Waals surface area contributed by atoms with E-state index in [0.717, 1.165) is 0 Å². The highest BCUT2D eigenvalue weighted by atomic mass is 32.1. The molecule has 0 saturated carbocycles. The zero-order valence-electron chi connectivity index (χ0n) is 8.63. The molecule has 0 fully saturated rings. The highest BCUT2D eigenvalue weighted by Crippen LogP contribution is 2.33. The summed E-state index contributed by atoms with van der Waals surface area (Å²) in [6, 6.07) is 2.71. The summed E-state index contributed by atoms with van der Waals surface area (Å²) in [5.41, 5.74) is -1.35. The van der Waals surface area contributed by atoms with Gasteiger partial charge in [-0.15, -0.1) is 11.3 Å². The van der Waals surface area contributed by atoms with Gasteiger partial charge in [0.05, 0.1) is 15.8 Å². The molecule has 0 bridgehead atoms. The molecule has 0 unspecified atom stereocenters. The van der Waals surface area contributed by atoms with Crippen LogP contribution in [0, 0.1) is 0 Å². The molecule has 90 valence electrons. The van der Waals surface area contributed by atoms with Crippen molar-refractivity contribution < 1.29 is 18.0 Å². The van der Waals surface area contributed by atoms with Crippen LogP contribution in [0.3, 0.4) is 0 Å². The molecule has 0 saturated heterocycles. The summed E-state index contributed by atoms with van der Waals surface area (Å²) in [7, 11) is 1.28. The summed E-state index contributed by atoms with van der Waals surface area (Å²) in [6.07, 6.45) is -4.64. The number of fused-ring (bicyclic) bond motifs is 1. The average Bonchev–Trinajstić information content (AvgIpc) is 2.72. The standard InChI is InChI=1S/C10H7F3N2OS/c1-14-9(16)5-4-7-6(2-3-17-7)15-8(5)10(11,12)13/h2-4H,1H3,(H,14,16). The number of halogens is 3. The Hall–Kier alpha value is -1.63. The Morgan fingerprint density at radius 1 is 1.47 bits per heavy atom. The molecule has 17 heavy (non-hydrogen) atoms. The van der Waals surface area contributed by atoms with Gasteiger partial charge in [-0.2, -0.15) is 13.2 Å². The van der Waals surface area contributed by atoms with Gasteiger partial charge in [0, 0.05) is 7.05 Å². The fraction of sp³-hybridized carbons (Fsp3) is 0.200. The zero-order chi connectivity index (χ0) is 12.6. The molecular formula is C10H7F3N2OS. The van der Waals surface area contributed by atoms with Crippen LogP contribution in [0.25, 0.3) is 10.2 Å². The molecule has 0 aromatic carbocycles. The number of hydrogen-bond acceptors (Lipinski definition) is 3.